The highest BCUT2D eigenvalue weighted by Gasteiger charge is 2.16. The van der Waals surface area contributed by atoms with Crippen LogP contribution in [0, 0.1) is 17.0 Å². The standard InChI is InChI=1S/C10H8N4O4/c1-6-4-7(9(15)16)2-3-8(6)13-5-11-10(12-13)14(17)18/h2-5H,1H3,(H,15,16). The number of hydrogen-bond acceptors (Lipinski definition) is 5. The molecule has 0 amide bonds. The molecule has 1 N–H and O–H groups in total. The number of benzene rings is 1. The monoisotopic (exact) mass is 248 g/mol. The first-order chi connectivity index (χ1) is 8.49. The molecule has 0 saturated carbocycles. The van der Waals surface area contributed by atoms with Crippen LogP contribution in [0.3, 0.4) is 0 Å². The number of nitro groups is 1. The number of carbonyl (C=O) groups is 1. The lowest BCUT2D eigenvalue weighted by Crippen LogP contribution is -2.02. The van der Waals surface area contributed by atoms with Crippen molar-refractivity contribution in [3.8, 4) is 5.69 Å². The molecule has 0 radical (unpaired) electrons. The Morgan fingerprint density at radius 3 is 2.72 bits per heavy atom. The van der Waals surface area contributed by atoms with Crippen LogP contribution in [0.25, 0.3) is 5.69 Å². The van der Waals surface area contributed by atoms with Crippen molar-refractivity contribution in [1.29, 1.82) is 0 Å². The maximum atomic E-state index is 10.8. The fraction of sp³-hybridized carbons (Fsp3) is 0.100. The number of aromatic nitrogens is 3. The number of nitrogens with zero attached hydrogens (tertiary/aromatic N) is 4. The summed E-state index contributed by atoms with van der Waals surface area (Å²) in [5.41, 5.74) is 1.32. The average molecular weight is 248 g/mol. The molecule has 0 aliphatic rings. The number of carboxylic acid groups (broad SMARTS) is 1. The van der Waals surface area contributed by atoms with Crippen LogP contribution >= 0.6 is 0 Å². The molecule has 0 saturated heterocycles. The van der Waals surface area contributed by atoms with E-state index in [-0.39, 0.29) is 5.56 Å². The number of aromatic carboxylic acids is 1. The zero-order chi connectivity index (χ0) is 13.3. The normalized spacial score (nSPS) is 10.3. The summed E-state index contributed by atoms with van der Waals surface area (Å²) in [6, 6.07) is 4.39. The fourth-order valence-corrected chi connectivity index (χ4v) is 1.50. The molecule has 0 atom stereocenters. The summed E-state index contributed by atoms with van der Waals surface area (Å²) in [5, 5.41) is 23.0. The van der Waals surface area contributed by atoms with Gasteiger partial charge in [-0.3, -0.25) is 0 Å². The van der Waals surface area contributed by atoms with Crippen molar-refractivity contribution in [1.82, 2.24) is 14.8 Å². The summed E-state index contributed by atoms with van der Waals surface area (Å²) in [4.78, 5) is 24.1. The van der Waals surface area contributed by atoms with Crippen LogP contribution in [-0.4, -0.2) is 30.8 Å². The second-order valence-corrected chi connectivity index (χ2v) is 3.55. The summed E-state index contributed by atoms with van der Waals surface area (Å²) in [6.07, 6.45) is 1.21. The van der Waals surface area contributed by atoms with Crippen molar-refractivity contribution >= 4 is 11.9 Å². The van der Waals surface area contributed by atoms with Crippen molar-refractivity contribution in [3.05, 3.63) is 45.8 Å². The van der Waals surface area contributed by atoms with Gasteiger partial charge in [-0.1, -0.05) is 4.98 Å². The molecule has 2 rings (SSSR count). The fourth-order valence-electron chi connectivity index (χ4n) is 1.50. The summed E-state index contributed by atoms with van der Waals surface area (Å²) >= 11 is 0. The van der Waals surface area contributed by atoms with E-state index >= 15 is 0 Å². The zero-order valence-electron chi connectivity index (χ0n) is 9.27. The van der Waals surface area contributed by atoms with E-state index in [0.29, 0.717) is 11.3 Å². The van der Waals surface area contributed by atoms with Crippen molar-refractivity contribution in [3.63, 3.8) is 0 Å². The maximum Gasteiger partial charge on any atom is 0.491 e. The van der Waals surface area contributed by atoms with E-state index in [1.807, 2.05) is 0 Å². The number of hydrogen-bond donors (Lipinski definition) is 1. The van der Waals surface area contributed by atoms with Crippen molar-refractivity contribution < 1.29 is 14.8 Å². The van der Waals surface area contributed by atoms with Crippen LogP contribution in [0.4, 0.5) is 5.95 Å². The van der Waals surface area contributed by atoms with E-state index in [1.54, 1.807) is 6.92 Å². The van der Waals surface area contributed by atoms with Gasteiger partial charge in [0, 0.05) is 5.10 Å². The number of rotatable bonds is 3. The Bertz CT molecular complexity index is 635. The molecule has 1 aromatic heterocycles. The third-order valence-corrected chi connectivity index (χ3v) is 2.33. The van der Waals surface area contributed by atoms with Crippen molar-refractivity contribution in [2.45, 2.75) is 6.92 Å². The second kappa shape index (κ2) is 4.24. The first-order valence-electron chi connectivity index (χ1n) is 4.89. The highest BCUT2D eigenvalue weighted by atomic mass is 16.6. The minimum absolute atomic E-state index is 0.144. The average Bonchev–Trinajstić information content (AvgIpc) is 2.78. The maximum absolute atomic E-state index is 10.8. The Morgan fingerprint density at radius 2 is 2.22 bits per heavy atom. The smallest absolute Gasteiger partial charge is 0.478 e. The molecule has 8 heteroatoms. The number of carboxylic acids is 1. The van der Waals surface area contributed by atoms with E-state index < -0.39 is 16.8 Å². The lowest BCUT2D eigenvalue weighted by atomic mass is 10.1. The predicted molar refractivity (Wildman–Crippen MR) is 59.7 cm³/mol. The Morgan fingerprint density at radius 1 is 1.50 bits per heavy atom. The summed E-state index contributed by atoms with van der Waals surface area (Å²) in [7, 11) is 0. The molecule has 0 spiro atoms. The first kappa shape index (κ1) is 11.7. The third-order valence-electron chi connectivity index (χ3n) is 2.33. The Labute approximate surface area is 101 Å². The number of aryl methyl sites for hydroxylation is 1. The van der Waals surface area contributed by atoms with Crippen LogP contribution in [0.15, 0.2) is 24.5 Å². The Balaban J connectivity index is 2.44. The van der Waals surface area contributed by atoms with Gasteiger partial charge in [0.15, 0.2) is 0 Å². The molecule has 8 nitrogen and oxygen atoms in total. The van der Waals surface area contributed by atoms with Gasteiger partial charge < -0.3 is 15.2 Å². The van der Waals surface area contributed by atoms with E-state index in [0.717, 1.165) is 0 Å². The largest absolute Gasteiger partial charge is 0.491 e. The van der Waals surface area contributed by atoms with Gasteiger partial charge >= 0.3 is 11.9 Å². The molecule has 0 fully saturated rings. The van der Waals surface area contributed by atoms with Crippen molar-refractivity contribution in [2.24, 2.45) is 0 Å². The molecule has 0 aliphatic heterocycles. The second-order valence-electron chi connectivity index (χ2n) is 3.55. The van der Waals surface area contributed by atoms with Gasteiger partial charge in [-0.05, 0) is 35.6 Å². The lowest BCUT2D eigenvalue weighted by molar-refractivity contribution is -0.394. The van der Waals surface area contributed by atoms with Crippen LogP contribution in [0.2, 0.25) is 0 Å². The van der Waals surface area contributed by atoms with E-state index in [9.17, 15) is 14.9 Å². The SMILES string of the molecule is Cc1cc(C(=O)O)ccc1-n1cnc([N+](=O)[O-])n1. The molecule has 0 aliphatic carbocycles. The van der Waals surface area contributed by atoms with E-state index in [2.05, 4.69) is 10.1 Å². The van der Waals surface area contributed by atoms with Gasteiger partial charge in [-0.25, -0.2) is 4.79 Å². The summed E-state index contributed by atoms with van der Waals surface area (Å²) < 4.78 is 1.24. The van der Waals surface area contributed by atoms with E-state index in [1.165, 1.54) is 29.2 Å². The molecular formula is C10H8N4O4. The first-order valence-corrected chi connectivity index (χ1v) is 4.89. The molecule has 18 heavy (non-hydrogen) atoms. The molecule has 0 unspecified atom stereocenters. The summed E-state index contributed by atoms with van der Waals surface area (Å²) in [6.45, 7) is 1.69. The van der Waals surface area contributed by atoms with Crippen LogP contribution in [-0.2, 0) is 0 Å². The molecule has 0 bridgehead atoms. The highest BCUT2D eigenvalue weighted by Crippen LogP contribution is 2.16. The lowest BCUT2D eigenvalue weighted by Gasteiger charge is -2.03. The minimum Gasteiger partial charge on any atom is -0.478 e. The third kappa shape index (κ3) is 2.03. The minimum atomic E-state index is -1.03. The van der Waals surface area contributed by atoms with Crippen LogP contribution < -0.4 is 0 Å². The van der Waals surface area contributed by atoms with Gasteiger partial charge in [0.05, 0.1) is 11.3 Å². The van der Waals surface area contributed by atoms with Gasteiger partial charge in [0.2, 0.25) is 6.33 Å². The van der Waals surface area contributed by atoms with Gasteiger partial charge in [0.25, 0.3) is 0 Å². The van der Waals surface area contributed by atoms with Gasteiger partial charge in [-0.15, -0.1) is 4.68 Å². The van der Waals surface area contributed by atoms with E-state index in [4.69, 9.17) is 5.11 Å². The molecule has 1 heterocycles. The quantitative estimate of drug-likeness (QED) is 0.644. The summed E-state index contributed by atoms with van der Waals surface area (Å²) in [5.74, 6) is -1.54. The zero-order valence-corrected chi connectivity index (χ0v) is 9.27. The van der Waals surface area contributed by atoms with Crippen LogP contribution in [0.1, 0.15) is 15.9 Å². The molecule has 2 aromatic rings. The molecule has 1 aromatic carbocycles. The van der Waals surface area contributed by atoms with Crippen molar-refractivity contribution in [2.75, 3.05) is 0 Å². The predicted octanol–water partition coefficient (Wildman–Crippen LogP) is 1.18. The van der Waals surface area contributed by atoms with Crippen LogP contribution in [0.5, 0.6) is 0 Å². The van der Waals surface area contributed by atoms with Gasteiger partial charge in [0.1, 0.15) is 0 Å². The van der Waals surface area contributed by atoms with Gasteiger partial charge in [-0.2, -0.15) is 0 Å². The highest BCUT2D eigenvalue weighted by molar-refractivity contribution is 5.88. The Hall–Kier alpha value is -2.77. The molecular weight excluding hydrogens is 240 g/mol. The Kier molecular flexibility index (Phi) is 2.76. The topological polar surface area (TPSA) is 111 Å². The molecule has 92 valence electrons.